The molecule has 0 saturated heterocycles. The third-order valence-corrected chi connectivity index (χ3v) is 5.79. The first-order valence-electron chi connectivity index (χ1n) is 11.0. The Morgan fingerprint density at radius 2 is 2.09 bits per heavy atom. The minimum atomic E-state index is -4.57. The Balaban J connectivity index is 1.40. The number of aliphatic carboxylic acids is 1. The van der Waals surface area contributed by atoms with Gasteiger partial charge in [-0.1, -0.05) is 30.6 Å². The summed E-state index contributed by atoms with van der Waals surface area (Å²) in [7, 11) is 0. The molecule has 2 heterocycles. The summed E-state index contributed by atoms with van der Waals surface area (Å²) >= 11 is 0. The molecule has 9 heteroatoms. The number of carboxylic acid groups (broad SMARTS) is 1. The molecule has 3 aromatic rings. The van der Waals surface area contributed by atoms with Gasteiger partial charge in [0.05, 0.1) is 18.4 Å². The predicted octanol–water partition coefficient (Wildman–Crippen LogP) is 5.26. The summed E-state index contributed by atoms with van der Waals surface area (Å²) < 4.78 is 50.5. The molecule has 1 aromatic heterocycles. The molecule has 0 bridgehead atoms. The molecule has 0 fully saturated rings. The van der Waals surface area contributed by atoms with Gasteiger partial charge < -0.3 is 19.3 Å². The first-order valence-corrected chi connectivity index (χ1v) is 11.0. The quantitative estimate of drug-likeness (QED) is 0.438. The molecule has 1 N–H and O–H groups in total. The molecule has 0 aliphatic carbocycles. The van der Waals surface area contributed by atoms with E-state index in [4.69, 9.17) is 14.4 Å². The molecular weight excluding hydrogens is 437 g/mol. The van der Waals surface area contributed by atoms with E-state index in [0.717, 1.165) is 49.2 Å². The van der Waals surface area contributed by atoms with Crippen LogP contribution in [-0.2, 0) is 30.2 Å². The highest BCUT2D eigenvalue weighted by molar-refractivity contribution is 5.85. The number of ether oxygens (including phenoxy) is 1. The van der Waals surface area contributed by atoms with Crippen LogP contribution in [0.2, 0.25) is 0 Å². The van der Waals surface area contributed by atoms with Gasteiger partial charge in [-0.05, 0) is 48.6 Å². The maximum absolute atomic E-state index is 13.2. The number of benzene rings is 2. The Morgan fingerprint density at radius 3 is 2.82 bits per heavy atom. The molecule has 2 aromatic carbocycles. The van der Waals surface area contributed by atoms with Crippen LogP contribution in [0.25, 0.3) is 11.0 Å². The van der Waals surface area contributed by atoms with Gasteiger partial charge in [-0.2, -0.15) is 13.2 Å². The van der Waals surface area contributed by atoms with Crippen molar-refractivity contribution >= 4 is 22.6 Å². The van der Waals surface area contributed by atoms with E-state index in [1.807, 2.05) is 25.1 Å². The summed E-state index contributed by atoms with van der Waals surface area (Å²) in [5.74, 6) is -0.322. The fourth-order valence-electron chi connectivity index (χ4n) is 4.35. The first kappa shape index (κ1) is 22.9. The number of hydrogen-bond donors (Lipinski definition) is 1. The molecule has 0 radical (unpaired) electrons. The number of halogens is 3. The van der Waals surface area contributed by atoms with Crippen molar-refractivity contribution in [2.45, 2.75) is 45.2 Å². The lowest BCUT2D eigenvalue weighted by Crippen LogP contribution is -2.23. The smallest absolute Gasteiger partial charge is 0.437 e. The number of hydrogen-bond acceptors (Lipinski definition) is 5. The third-order valence-electron chi connectivity index (χ3n) is 5.79. The molecule has 0 atom stereocenters. The second-order valence-corrected chi connectivity index (χ2v) is 8.17. The summed E-state index contributed by atoms with van der Waals surface area (Å²) in [5, 5.41) is 12.2. The highest BCUT2D eigenvalue weighted by Crippen LogP contribution is 2.38. The molecule has 0 saturated carbocycles. The van der Waals surface area contributed by atoms with Gasteiger partial charge in [0.25, 0.3) is 0 Å². The van der Waals surface area contributed by atoms with Gasteiger partial charge in [-0.25, -0.2) is 0 Å². The minimum absolute atomic E-state index is 0.0151. The molecule has 176 valence electrons. The van der Waals surface area contributed by atoms with Crippen molar-refractivity contribution in [3.05, 3.63) is 52.7 Å². The number of fused-ring (bicyclic) bond motifs is 2. The zero-order chi connectivity index (χ0) is 23.6. The zero-order valence-corrected chi connectivity index (χ0v) is 18.2. The number of rotatable bonds is 9. The van der Waals surface area contributed by atoms with Crippen molar-refractivity contribution in [1.29, 1.82) is 0 Å². The van der Waals surface area contributed by atoms with Crippen LogP contribution < -0.4 is 9.64 Å². The molecule has 0 spiro atoms. The zero-order valence-electron chi connectivity index (χ0n) is 18.2. The van der Waals surface area contributed by atoms with Crippen molar-refractivity contribution < 1.29 is 32.3 Å². The Labute approximate surface area is 188 Å². The molecule has 6 nitrogen and oxygen atoms in total. The molecular formula is C24H25F3N2O4. The van der Waals surface area contributed by atoms with Crippen LogP contribution >= 0.6 is 0 Å². The normalized spacial score (nSPS) is 13.5. The Morgan fingerprint density at radius 1 is 1.27 bits per heavy atom. The lowest BCUT2D eigenvalue weighted by molar-refractivity contribution is -0.141. The van der Waals surface area contributed by atoms with Gasteiger partial charge in [0.15, 0.2) is 11.3 Å². The number of aryl methyl sites for hydroxylation is 1. The van der Waals surface area contributed by atoms with Crippen LogP contribution in [0.3, 0.4) is 0 Å². The standard InChI is InChI=1S/C24H25F3N2O4/c1-2-4-17-20(8-6-18-22(17)33-28-23(18)24(25,26)27)32-12-3-10-29-11-9-16-13-15(14-21(30)31)5-7-19(16)29/h5-8,13H,2-4,9-12,14H2,1H3,(H,30,31). The van der Waals surface area contributed by atoms with Crippen molar-refractivity contribution in [3.63, 3.8) is 0 Å². The Hall–Kier alpha value is -3.23. The second-order valence-electron chi connectivity index (χ2n) is 8.17. The van der Waals surface area contributed by atoms with E-state index in [-0.39, 0.29) is 17.4 Å². The van der Waals surface area contributed by atoms with Crippen LogP contribution in [0.1, 0.15) is 42.1 Å². The van der Waals surface area contributed by atoms with E-state index >= 15 is 0 Å². The first-order chi connectivity index (χ1) is 15.8. The monoisotopic (exact) mass is 462 g/mol. The molecule has 0 unspecified atom stereocenters. The summed E-state index contributed by atoms with van der Waals surface area (Å²) in [6.45, 7) is 3.97. The Bertz CT molecular complexity index is 1160. The van der Waals surface area contributed by atoms with E-state index in [1.165, 1.54) is 6.07 Å². The number of aromatic nitrogens is 1. The topological polar surface area (TPSA) is 75.8 Å². The molecule has 33 heavy (non-hydrogen) atoms. The van der Waals surface area contributed by atoms with Crippen LogP contribution in [0.15, 0.2) is 34.9 Å². The molecule has 1 aliphatic rings. The number of nitrogens with zero attached hydrogens (tertiary/aromatic N) is 2. The highest BCUT2D eigenvalue weighted by atomic mass is 19.4. The van der Waals surface area contributed by atoms with Crippen molar-refractivity contribution in [2.75, 3.05) is 24.6 Å². The van der Waals surface area contributed by atoms with Crippen LogP contribution in [0, 0.1) is 0 Å². The SMILES string of the molecule is CCCc1c(OCCCN2CCc3cc(CC(=O)O)ccc32)ccc2c(C(F)(F)F)noc12. The predicted molar refractivity (Wildman–Crippen MR) is 117 cm³/mol. The van der Waals surface area contributed by atoms with E-state index in [2.05, 4.69) is 10.1 Å². The van der Waals surface area contributed by atoms with Crippen molar-refractivity contribution in [1.82, 2.24) is 5.16 Å². The van der Waals surface area contributed by atoms with Gasteiger partial charge in [0, 0.05) is 24.3 Å². The van der Waals surface area contributed by atoms with Gasteiger partial charge in [0.2, 0.25) is 0 Å². The number of carboxylic acids is 1. The van der Waals surface area contributed by atoms with Gasteiger partial charge in [0.1, 0.15) is 5.75 Å². The molecule has 0 amide bonds. The molecule has 4 rings (SSSR count). The van der Waals surface area contributed by atoms with E-state index < -0.39 is 17.8 Å². The lowest BCUT2D eigenvalue weighted by atomic mass is 10.0. The van der Waals surface area contributed by atoms with Crippen LogP contribution in [0.5, 0.6) is 5.75 Å². The van der Waals surface area contributed by atoms with Crippen molar-refractivity contribution in [3.8, 4) is 5.75 Å². The van der Waals surface area contributed by atoms with Gasteiger partial charge in [-0.3, -0.25) is 4.79 Å². The van der Waals surface area contributed by atoms with Gasteiger partial charge >= 0.3 is 12.1 Å². The largest absolute Gasteiger partial charge is 0.493 e. The second kappa shape index (κ2) is 9.33. The fraction of sp³-hybridized carbons (Fsp3) is 0.417. The van der Waals surface area contributed by atoms with E-state index in [1.54, 1.807) is 6.07 Å². The van der Waals surface area contributed by atoms with Crippen molar-refractivity contribution in [2.24, 2.45) is 0 Å². The number of alkyl halides is 3. The summed E-state index contributed by atoms with van der Waals surface area (Å²) in [5.41, 5.74) is 2.78. The number of anilines is 1. The maximum Gasteiger partial charge on any atom is 0.437 e. The lowest BCUT2D eigenvalue weighted by Gasteiger charge is -2.20. The van der Waals surface area contributed by atoms with Crippen LogP contribution in [-0.4, -0.2) is 35.9 Å². The van der Waals surface area contributed by atoms with E-state index in [9.17, 15) is 18.0 Å². The van der Waals surface area contributed by atoms with Gasteiger partial charge in [-0.15, -0.1) is 0 Å². The summed E-state index contributed by atoms with van der Waals surface area (Å²) in [4.78, 5) is 13.2. The summed E-state index contributed by atoms with van der Waals surface area (Å²) in [6.07, 6.45) is -1.71. The molecule has 1 aliphatic heterocycles. The maximum atomic E-state index is 13.2. The average molecular weight is 462 g/mol. The van der Waals surface area contributed by atoms with E-state index in [0.29, 0.717) is 24.3 Å². The third kappa shape index (κ3) is 4.91. The van der Waals surface area contributed by atoms with Crippen LogP contribution in [0.4, 0.5) is 18.9 Å². The Kier molecular flexibility index (Phi) is 6.49. The summed E-state index contributed by atoms with van der Waals surface area (Å²) in [6, 6.07) is 8.69. The fourth-order valence-corrected chi connectivity index (χ4v) is 4.35. The highest BCUT2D eigenvalue weighted by Gasteiger charge is 2.37. The minimum Gasteiger partial charge on any atom is -0.493 e. The average Bonchev–Trinajstić information content (AvgIpc) is 3.36. The number of carbonyl (C=O) groups is 1.